The van der Waals surface area contributed by atoms with Gasteiger partial charge in [-0.15, -0.1) is 0 Å². The molecule has 0 saturated carbocycles. The second kappa shape index (κ2) is 35.8. The van der Waals surface area contributed by atoms with Gasteiger partial charge in [0.15, 0.2) is 0 Å². The van der Waals surface area contributed by atoms with Crippen LogP contribution in [0.2, 0.25) is 0 Å². The zero-order valence-corrected chi connectivity index (χ0v) is 74.9. The minimum Gasteiger partial charge on any atom is -0.490 e. The Balaban J connectivity index is 0.000000111. The highest BCUT2D eigenvalue weighted by molar-refractivity contribution is 6.07. The minimum absolute atomic E-state index is 0.343. The van der Waals surface area contributed by atoms with E-state index >= 15 is 0 Å². The van der Waals surface area contributed by atoms with Gasteiger partial charge < -0.3 is 75.0 Å². The Kier molecular flexibility index (Phi) is 24.8. The van der Waals surface area contributed by atoms with Gasteiger partial charge in [0.25, 0.3) is 0 Å². The van der Waals surface area contributed by atoms with Crippen LogP contribution in [0.3, 0.4) is 0 Å². The summed E-state index contributed by atoms with van der Waals surface area (Å²) in [6.45, 7) is 38.2. The number of imidazole rings is 7. The van der Waals surface area contributed by atoms with E-state index in [-0.39, 0.29) is 0 Å². The fraction of sp³-hybridized carbons (Fsp3) is 0.398. The van der Waals surface area contributed by atoms with Crippen LogP contribution in [-0.4, -0.2) is 98.1 Å². The average Bonchev–Trinajstić information content (AvgIpc) is 1.68. The predicted octanol–water partition coefficient (Wildman–Crippen LogP) is 22.8. The maximum Gasteiger partial charge on any atom is 0.201 e. The first-order chi connectivity index (χ1) is 59.0. The number of hydrogen-bond donors (Lipinski definition) is 2. The molecule has 0 spiro atoms. The zero-order valence-electron chi connectivity index (χ0n) is 74.9. The van der Waals surface area contributed by atoms with E-state index in [1.165, 1.54) is 44.1 Å². The van der Waals surface area contributed by atoms with Crippen LogP contribution in [-0.2, 0) is 91.9 Å². The molecule has 2 aliphatic rings. The van der Waals surface area contributed by atoms with Crippen molar-refractivity contribution in [1.82, 2.24) is 71.8 Å². The molecular formula is C98H119N17O7. The summed E-state index contributed by atoms with van der Waals surface area (Å²) in [6.07, 6.45) is 12.7. The number of fused-ring (bicyclic) bond motifs is 21. The largest absolute Gasteiger partial charge is 0.490 e. The number of furan rings is 5. The molecule has 2 unspecified atom stereocenters. The predicted molar refractivity (Wildman–Crippen MR) is 495 cm³/mol. The van der Waals surface area contributed by atoms with Crippen LogP contribution in [0.25, 0.3) is 132 Å². The van der Waals surface area contributed by atoms with Crippen molar-refractivity contribution in [2.75, 3.05) is 25.6 Å². The van der Waals surface area contributed by atoms with Crippen molar-refractivity contribution in [2.45, 2.75) is 233 Å². The molecule has 14 heterocycles. The number of aromatic nitrogens is 14. The summed E-state index contributed by atoms with van der Waals surface area (Å²) in [5, 5.41) is 5.74. The second-order valence-electron chi connectivity index (χ2n) is 32.2. The van der Waals surface area contributed by atoms with Crippen molar-refractivity contribution >= 4 is 144 Å². The molecule has 24 heteroatoms. The monoisotopic (exact) mass is 1650 g/mol. The van der Waals surface area contributed by atoms with Crippen LogP contribution in [0.5, 0.6) is 11.5 Å². The molecule has 24 nitrogen and oxygen atoms in total. The van der Waals surface area contributed by atoms with Crippen LogP contribution in [0.4, 0.5) is 11.9 Å². The van der Waals surface area contributed by atoms with E-state index in [1.54, 1.807) is 0 Å². The first-order valence-electron chi connectivity index (χ1n) is 43.8. The van der Waals surface area contributed by atoms with Gasteiger partial charge in [-0.05, 0) is 204 Å². The highest BCUT2D eigenvalue weighted by Gasteiger charge is 2.28. The lowest BCUT2D eigenvalue weighted by Crippen LogP contribution is -2.17. The summed E-state index contributed by atoms with van der Waals surface area (Å²) >= 11 is 0. The van der Waals surface area contributed by atoms with Crippen LogP contribution in [0, 0.1) is 34.6 Å². The summed E-state index contributed by atoms with van der Waals surface area (Å²) in [5.74, 6) is 13.7. The molecular weight excluding hydrogens is 1530 g/mol. The van der Waals surface area contributed by atoms with Crippen LogP contribution < -0.4 is 20.9 Å². The maximum atomic E-state index is 6.05. The van der Waals surface area contributed by atoms with Crippen molar-refractivity contribution in [3.63, 3.8) is 0 Å². The van der Waals surface area contributed by atoms with Crippen molar-refractivity contribution in [3.8, 4) is 11.5 Å². The first-order valence-corrected chi connectivity index (χ1v) is 43.8. The number of anilines is 2. The van der Waals surface area contributed by atoms with Crippen LogP contribution >= 0.6 is 0 Å². The fourth-order valence-corrected chi connectivity index (χ4v) is 17.4. The maximum absolute atomic E-state index is 6.05. The average molecular weight is 1650 g/mol. The van der Waals surface area contributed by atoms with Gasteiger partial charge in [0.1, 0.15) is 110 Å². The Morgan fingerprint density at radius 3 is 1.02 bits per heavy atom. The second-order valence-corrected chi connectivity index (χ2v) is 32.2. The normalized spacial score (nSPS) is 13.6. The molecule has 12 aromatic heterocycles. The fourth-order valence-electron chi connectivity index (χ4n) is 17.4. The Bertz CT molecular complexity index is 6990. The summed E-state index contributed by atoms with van der Waals surface area (Å²) in [5.41, 5.74) is 34.9. The molecule has 0 fully saturated rings. The molecule has 2 atom stereocenters. The lowest BCUT2D eigenvalue weighted by atomic mass is 10.1. The number of hydrogen-bond acceptors (Lipinski definition) is 17. The lowest BCUT2D eigenvalue weighted by molar-refractivity contribution is 0.228. The van der Waals surface area contributed by atoms with E-state index in [9.17, 15) is 0 Å². The molecule has 21 rings (SSSR count). The third kappa shape index (κ3) is 16.1. The van der Waals surface area contributed by atoms with E-state index in [1.807, 2.05) is 81.6 Å². The molecule has 0 saturated heterocycles. The van der Waals surface area contributed by atoms with Gasteiger partial charge in [0, 0.05) is 123 Å². The topological polar surface area (TPSA) is 264 Å². The van der Waals surface area contributed by atoms with Gasteiger partial charge >= 0.3 is 0 Å². The molecule has 122 heavy (non-hydrogen) atoms. The number of unbranched alkanes of at least 4 members (excludes halogenated alkanes) is 1. The quantitative estimate of drug-likeness (QED) is 0.0910. The highest BCUT2D eigenvalue weighted by atomic mass is 16.5. The van der Waals surface area contributed by atoms with Gasteiger partial charge in [-0.2, -0.15) is 0 Å². The van der Waals surface area contributed by atoms with E-state index in [2.05, 4.69) is 244 Å². The lowest BCUT2D eigenvalue weighted by Gasteiger charge is -2.13. The number of benzene rings is 7. The van der Waals surface area contributed by atoms with E-state index in [0.717, 1.165) is 278 Å². The molecule has 0 bridgehead atoms. The number of rotatable bonds is 16. The number of nitrogens with zero attached hydrogens (tertiary/aromatic N) is 15. The van der Waals surface area contributed by atoms with Crippen molar-refractivity contribution in [3.05, 3.63) is 184 Å². The van der Waals surface area contributed by atoms with Crippen LogP contribution in [0.1, 0.15) is 177 Å². The smallest absolute Gasteiger partial charge is 0.201 e. The molecule has 4 N–H and O–H groups in total. The zero-order chi connectivity index (χ0) is 86.2. The first kappa shape index (κ1) is 84.7. The highest BCUT2D eigenvalue weighted by Crippen LogP contribution is 2.40. The number of aryl methyl sites for hydroxylation is 16. The van der Waals surface area contributed by atoms with Crippen LogP contribution in [0.15, 0.2) is 137 Å². The standard InChI is InChI=1S/2C15H19N3O.C14H17N3O.C14H18N2O.C14H16N2O.C13H16N2O.C13H14N2O/c1-5-11-8-12-14(19-11)7-6-13-15(12)18(9-17(3)4)10(2)16-13;1-3-5-8-18-14-11-9-10(4-2)19-13(11)7-6-12(14)17-15(18)16;1-3-7-17-13-10-8-9(4-2)18-12(10)6-5-11(13)16-14(17)15;2*1-4-10-8-11-13(17-10)7-6-12-14(11)16(5-2)9(3)15-12;2*1-4-9-7-10-12(16-9)6-5-11-13(10)15(3)8(2)14-11/h6-8H,5,9H2,1-4H3;6-7,9H,3-5,8H2,1-2H3,(H2,16,17);5-6,8H,3-4,7H2,1-2H3,(H2,15,16);6-7,10H,4-5,8H2,1-3H3;6-8H,4-5H2,1-3H3;5-6,9H,4,7H2,1-3H3;5-7H,4H2,1-3H3. The van der Waals surface area contributed by atoms with E-state index < -0.39 is 0 Å². The molecule has 2 aliphatic heterocycles. The van der Waals surface area contributed by atoms with Crippen molar-refractivity contribution < 1.29 is 31.6 Å². The molecule has 638 valence electrons. The van der Waals surface area contributed by atoms with E-state index in [4.69, 9.17) is 43.0 Å². The molecule has 7 aromatic carbocycles. The SMILES string of the molecule is CCC1Cc2c(ccc3nc(C)n(C)c23)O1.CCC1Cc2c(ccc3nc(C)n(CC)c23)O1.CCCCn1c(N)nc2ccc3oc(CC)cc3c21.CCCn1c(N)nc2ccc3oc(CC)cc3c21.CCc1cc2c(ccc3nc(C)n(C)c32)o1.CCc1cc2c(ccc3nc(C)n(CC)c32)o1.CCc1cc2c(ccc3nc(C)n(CN(C)C)c32)o1. The van der Waals surface area contributed by atoms with Gasteiger partial charge in [-0.3, -0.25) is 4.90 Å². The van der Waals surface area contributed by atoms with Gasteiger partial charge in [-0.25, -0.2) is 34.9 Å². The Hall–Kier alpha value is -12.3. The van der Waals surface area contributed by atoms with Crippen molar-refractivity contribution in [1.29, 1.82) is 0 Å². The van der Waals surface area contributed by atoms with Gasteiger partial charge in [-0.1, -0.05) is 68.7 Å². The minimum atomic E-state index is 0.343. The Labute approximate surface area is 711 Å². The molecule has 0 radical (unpaired) electrons. The third-order valence-corrected chi connectivity index (χ3v) is 23.9. The Morgan fingerprint density at radius 2 is 0.648 bits per heavy atom. The number of ether oxygens (including phenoxy) is 2. The molecule has 0 amide bonds. The van der Waals surface area contributed by atoms with Gasteiger partial charge in [0.05, 0.1) is 83.9 Å². The summed E-state index contributed by atoms with van der Waals surface area (Å²) in [7, 11) is 8.25. The Morgan fingerprint density at radius 1 is 0.344 bits per heavy atom. The molecule has 0 aliphatic carbocycles. The summed E-state index contributed by atoms with van der Waals surface area (Å²) < 4.78 is 56.0. The van der Waals surface area contributed by atoms with Crippen molar-refractivity contribution in [2.24, 2.45) is 14.1 Å². The van der Waals surface area contributed by atoms with E-state index in [0.29, 0.717) is 24.1 Å². The third-order valence-electron chi connectivity index (χ3n) is 23.9. The molecule has 19 aromatic rings. The van der Waals surface area contributed by atoms with Gasteiger partial charge in [0.2, 0.25) is 11.9 Å². The summed E-state index contributed by atoms with van der Waals surface area (Å²) in [4.78, 5) is 33.9. The number of nitrogen functional groups attached to an aromatic ring is 2. The summed E-state index contributed by atoms with van der Waals surface area (Å²) in [6, 6.07) is 38.9. The number of nitrogens with two attached hydrogens (primary N) is 2.